The molecule has 23 heavy (non-hydrogen) atoms. The Kier molecular flexibility index (Phi) is 4.54. The molecule has 3 aromatic rings. The van der Waals surface area contributed by atoms with Gasteiger partial charge in [0.25, 0.3) is 0 Å². The molecule has 0 aliphatic carbocycles. The number of rotatable bonds is 5. The monoisotopic (exact) mass is 331 g/mol. The number of aromatic nitrogens is 5. The maximum absolute atomic E-state index is 5.84. The first-order chi connectivity index (χ1) is 11.1. The molecule has 3 heterocycles. The molecule has 0 N–H and O–H groups in total. The largest absolute Gasteiger partial charge is 0.377 e. The summed E-state index contributed by atoms with van der Waals surface area (Å²) in [6, 6.07) is 4.18. The van der Waals surface area contributed by atoms with Crippen LogP contribution in [0.1, 0.15) is 37.1 Å². The third-order valence-electron chi connectivity index (χ3n) is 3.54. The second-order valence-corrected chi connectivity index (χ2v) is 5.92. The molecule has 3 aromatic heterocycles. The zero-order valence-corrected chi connectivity index (χ0v) is 14.1. The van der Waals surface area contributed by atoms with Crippen molar-refractivity contribution >= 4 is 22.6 Å². The highest BCUT2D eigenvalue weighted by molar-refractivity contribution is 6.28. The number of nitrogens with zero attached hydrogens (tertiary/aromatic N) is 5. The summed E-state index contributed by atoms with van der Waals surface area (Å²) in [7, 11) is 1.67. The lowest BCUT2D eigenvalue weighted by atomic mass is 10.2. The van der Waals surface area contributed by atoms with E-state index in [0.29, 0.717) is 13.0 Å². The van der Waals surface area contributed by atoms with Gasteiger partial charge in [-0.15, -0.1) is 0 Å². The highest BCUT2D eigenvalue weighted by atomic mass is 35.5. The molecule has 0 amide bonds. The molecular weight excluding hydrogens is 314 g/mol. The van der Waals surface area contributed by atoms with Gasteiger partial charge in [0.05, 0.1) is 17.4 Å². The first-order valence-electron chi connectivity index (χ1n) is 7.40. The van der Waals surface area contributed by atoms with Crippen LogP contribution < -0.4 is 0 Å². The van der Waals surface area contributed by atoms with Crippen LogP contribution in [0.15, 0.2) is 24.5 Å². The predicted molar refractivity (Wildman–Crippen MR) is 88.5 cm³/mol. The Balaban J connectivity index is 2.02. The van der Waals surface area contributed by atoms with Crippen molar-refractivity contribution in [2.75, 3.05) is 7.11 Å². The van der Waals surface area contributed by atoms with Crippen LogP contribution in [0.4, 0.5) is 0 Å². The first-order valence-corrected chi connectivity index (χ1v) is 7.78. The van der Waals surface area contributed by atoms with Crippen LogP contribution in [0.25, 0.3) is 11.0 Å². The third-order valence-corrected chi connectivity index (χ3v) is 3.72. The summed E-state index contributed by atoms with van der Waals surface area (Å²) in [5.74, 6) is 0.904. The molecule has 0 aliphatic rings. The predicted octanol–water partition coefficient (Wildman–Crippen LogP) is 3.19. The van der Waals surface area contributed by atoms with E-state index in [1.54, 1.807) is 19.5 Å². The summed E-state index contributed by atoms with van der Waals surface area (Å²) in [5, 5.41) is 0.248. The van der Waals surface area contributed by atoms with Gasteiger partial charge in [0.1, 0.15) is 17.9 Å². The average Bonchev–Trinajstić information content (AvgIpc) is 2.85. The second-order valence-electron chi connectivity index (χ2n) is 5.58. The minimum absolute atomic E-state index is 0.248. The third kappa shape index (κ3) is 3.33. The number of methoxy groups -OCH3 is 1. The summed E-state index contributed by atoms with van der Waals surface area (Å²) in [5.41, 5.74) is 3.68. The van der Waals surface area contributed by atoms with E-state index in [0.717, 1.165) is 28.2 Å². The number of hydrogen-bond acceptors (Lipinski definition) is 5. The average molecular weight is 332 g/mol. The Labute approximate surface area is 139 Å². The van der Waals surface area contributed by atoms with Crippen molar-refractivity contribution in [1.82, 2.24) is 24.5 Å². The van der Waals surface area contributed by atoms with Gasteiger partial charge in [-0.1, -0.05) is 0 Å². The Hall–Kier alpha value is -2.05. The van der Waals surface area contributed by atoms with E-state index >= 15 is 0 Å². The molecule has 0 atom stereocenters. The van der Waals surface area contributed by atoms with Crippen molar-refractivity contribution < 1.29 is 4.74 Å². The van der Waals surface area contributed by atoms with Gasteiger partial charge in [-0.3, -0.25) is 4.98 Å². The molecule has 120 valence electrons. The quantitative estimate of drug-likeness (QED) is 0.672. The van der Waals surface area contributed by atoms with Crippen LogP contribution >= 0.6 is 11.6 Å². The molecule has 0 saturated heterocycles. The molecular formula is C16H18ClN5O. The van der Waals surface area contributed by atoms with Crippen LogP contribution in [-0.4, -0.2) is 31.6 Å². The zero-order chi connectivity index (χ0) is 16.4. The summed E-state index contributed by atoms with van der Waals surface area (Å²) in [4.78, 5) is 17.2. The van der Waals surface area contributed by atoms with Crippen LogP contribution in [-0.2, 0) is 17.8 Å². The topological polar surface area (TPSA) is 65.7 Å². The van der Waals surface area contributed by atoms with Gasteiger partial charge in [0.2, 0.25) is 5.28 Å². The van der Waals surface area contributed by atoms with Gasteiger partial charge in [0, 0.05) is 31.5 Å². The van der Waals surface area contributed by atoms with E-state index < -0.39 is 0 Å². The molecule has 0 saturated carbocycles. The number of imidazole rings is 1. The van der Waals surface area contributed by atoms with Crippen molar-refractivity contribution in [3.63, 3.8) is 0 Å². The number of halogens is 1. The molecule has 0 unspecified atom stereocenters. The maximum Gasteiger partial charge on any atom is 0.222 e. The van der Waals surface area contributed by atoms with E-state index in [1.807, 2.05) is 6.07 Å². The van der Waals surface area contributed by atoms with Gasteiger partial charge in [-0.05, 0) is 37.6 Å². The Morgan fingerprint density at radius 2 is 2.04 bits per heavy atom. The van der Waals surface area contributed by atoms with Crippen molar-refractivity contribution in [3.05, 3.63) is 47.0 Å². The van der Waals surface area contributed by atoms with E-state index in [9.17, 15) is 0 Å². The zero-order valence-electron chi connectivity index (χ0n) is 13.3. The van der Waals surface area contributed by atoms with Gasteiger partial charge >= 0.3 is 0 Å². The lowest BCUT2D eigenvalue weighted by Gasteiger charge is -2.12. The fourth-order valence-electron chi connectivity index (χ4n) is 2.65. The summed E-state index contributed by atoms with van der Waals surface area (Å²) >= 11 is 5.84. The summed E-state index contributed by atoms with van der Waals surface area (Å²) in [6.07, 6.45) is 4.05. The number of fused-ring (bicyclic) bond motifs is 1. The Morgan fingerprint density at radius 1 is 1.22 bits per heavy atom. The molecule has 0 radical (unpaired) electrons. The summed E-state index contributed by atoms with van der Waals surface area (Å²) < 4.78 is 7.43. The Bertz CT molecular complexity index is 830. The second kappa shape index (κ2) is 6.60. The van der Waals surface area contributed by atoms with Crippen molar-refractivity contribution in [3.8, 4) is 0 Å². The Morgan fingerprint density at radius 3 is 2.74 bits per heavy atom. The minimum Gasteiger partial charge on any atom is -0.377 e. The molecule has 3 rings (SSSR count). The normalized spacial score (nSPS) is 11.5. The van der Waals surface area contributed by atoms with Crippen LogP contribution in [0.2, 0.25) is 5.28 Å². The standard InChI is InChI=1S/C16H18ClN5O/c1-10(2)22-14-7-12(6-11-4-5-18-16(17)20-11)19-8-13(14)21-15(22)9-23-3/h4-5,7-8,10H,6,9H2,1-3H3. The highest BCUT2D eigenvalue weighted by Crippen LogP contribution is 2.22. The van der Waals surface area contributed by atoms with E-state index in [2.05, 4.69) is 44.4 Å². The molecule has 6 nitrogen and oxygen atoms in total. The van der Waals surface area contributed by atoms with E-state index in [-0.39, 0.29) is 11.3 Å². The van der Waals surface area contributed by atoms with E-state index in [1.165, 1.54) is 0 Å². The number of pyridine rings is 1. The fraction of sp³-hybridized carbons (Fsp3) is 0.375. The minimum atomic E-state index is 0.248. The molecule has 0 aromatic carbocycles. The molecule has 0 aliphatic heterocycles. The first kappa shape index (κ1) is 15.8. The maximum atomic E-state index is 5.84. The van der Waals surface area contributed by atoms with Gasteiger partial charge in [-0.25, -0.2) is 15.0 Å². The number of hydrogen-bond donors (Lipinski definition) is 0. The fourth-order valence-corrected chi connectivity index (χ4v) is 2.81. The molecule has 0 bridgehead atoms. The van der Waals surface area contributed by atoms with Gasteiger partial charge < -0.3 is 9.30 Å². The van der Waals surface area contributed by atoms with Crippen molar-refractivity contribution in [2.24, 2.45) is 0 Å². The van der Waals surface area contributed by atoms with Crippen molar-refractivity contribution in [2.45, 2.75) is 32.9 Å². The number of ether oxygens (including phenoxy) is 1. The van der Waals surface area contributed by atoms with Crippen molar-refractivity contribution in [1.29, 1.82) is 0 Å². The highest BCUT2D eigenvalue weighted by Gasteiger charge is 2.14. The smallest absolute Gasteiger partial charge is 0.222 e. The van der Waals surface area contributed by atoms with Gasteiger partial charge in [-0.2, -0.15) is 0 Å². The van der Waals surface area contributed by atoms with Gasteiger partial charge in [0.15, 0.2) is 0 Å². The lowest BCUT2D eigenvalue weighted by molar-refractivity contribution is 0.173. The van der Waals surface area contributed by atoms with Crippen LogP contribution in [0.3, 0.4) is 0 Å². The SMILES string of the molecule is COCc1nc2cnc(Cc3ccnc(Cl)n3)cc2n1C(C)C. The van der Waals surface area contributed by atoms with Crippen LogP contribution in [0, 0.1) is 0 Å². The molecule has 0 fully saturated rings. The lowest BCUT2D eigenvalue weighted by Crippen LogP contribution is -2.07. The molecule has 7 heteroatoms. The summed E-state index contributed by atoms with van der Waals surface area (Å²) in [6.45, 7) is 4.73. The molecule has 0 spiro atoms. The van der Waals surface area contributed by atoms with Crippen LogP contribution in [0.5, 0.6) is 0 Å². The van der Waals surface area contributed by atoms with E-state index in [4.69, 9.17) is 16.3 Å².